The van der Waals surface area contributed by atoms with Crippen molar-refractivity contribution < 1.29 is 14.4 Å². The molecule has 0 aromatic heterocycles. The van der Waals surface area contributed by atoms with Crippen LogP contribution in [0.5, 0.6) is 5.75 Å². The van der Waals surface area contributed by atoms with Gasteiger partial charge in [0.05, 0.1) is 19.4 Å². The van der Waals surface area contributed by atoms with Crippen molar-refractivity contribution >= 4 is 18.3 Å². The van der Waals surface area contributed by atoms with Gasteiger partial charge in [-0.2, -0.15) is 0 Å². The molecule has 0 saturated carbocycles. The zero-order valence-electron chi connectivity index (χ0n) is 7.28. The number of fused-ring (bicyclic) bond motifs is 1. The van der Waals surface area contributed by atoms with Crippen LogP contribution < -0.4 is 15.9 Å². The average molecular weight is 179 g/mol. The Balaban J connectivity index is 2.60. The lowest BCUT2D eigenvalue weighted by Gasteiger charge is -2.09. The van der Waals surface area contributed by atoms with Gasteiger partial charge < -0.3 is 20.1 Å². The van der Waals surface area contributed by atoms with Crippen LogP contribution in [0.2, 0.25) is 0 Å². The molecule has 13 heavy (non-hydrogen) atoms. The van der Waals surface area contributed by atoms with E-state index < -0.39 is 7.12 Å². The second kappa shape index (κ2) is 2.94. The van der Waals surface area contributed by atoms with Gasteiger partial charge in [0, 0.05) is 5.46 Å². The van der Waals surface area contributed by atoms with Crippen LogP contribution in [0.1, 0.15) is 5.56 Å². The predicted molar refractivity (Wildman–Crippen MR) is 49.8 cm³/mol. The van der Waals surface area contributed by atoms with E-state index in [0.29, 0.717) is 23.5 Å². The Morgan fingerprint density at radius 2 is 2.38 bits per heavy atom. The summed E-state index contributed by atoms with van der Waals surface area (Å²) < 4.78 is 10.1. The highest BCUT2D eigenvalue weighted by Gasteiger charge is 2.31. The summed E-state index contributed by atoms with van der Waals surface area (Å²) in [6, 6.07) is 3.59. The van der Waals surface area contributed by atoms with E-state index in [4.69, 9.17) is 15.1 Å². The topological polar surface area (TPSA) is 64.7 Å². The smallest absolute Gasteiger partial charge is 0.495 e. The fourth-order valence-corrected chi connectivity index (χ4v) is 1.53. The van der Waals surface area contributed by atoms with Crippen LogP contribution in [-0.4, -0.2) is 19.3 Å². The maximum atomic E-state index is 9.46. The third-order valence-electron chi connectivity index (χ3n) is 2.16. The molecule has 2 rings (SSSR count). The number of benzene rings is 1. The fourth-order valence-electron chi connectivity index (χ4n) is 1.53. The van der Waals surface area contributed by atoms with Crippen molar-refractivity contribution in [3.63, 3.8) is 0 Å². The SMILES string of the molecule is COc1c(N)ccc2c1B(O)OC2. The molecule has 1 aromatic carbocycles. The van der Waals surface area contributed by atoms with E-state index >= 15 is 0 Å². The van der Waals surface area contributed by atoms with Gasteiger partial charge in [-0.25, -0.2) is 0 Å². The van der Waals surface area contributed by atoms with Crippen molar-refractivity contribution in [1.29, 1.82) is 0 Å². The van der Waals surface area contributed by atoms with Crippen LogP contribution in [-0.2, 0) is 11.3 Å². The zero-order valence-corrected chi connectivity index (χ0v) is 7.28. The van der Waals surface area contributed by atoms with Crippen molar-refractivity contribution in [2.24, 2.45) is 0 Å². The molecule has 0 bridgehead atoms. The standard InChI is InChI=1S/C8H10BNO3/c1-12-8-6(10)3-2-5-4-13-9(11)7(5)8/h2-3,11H,4,10H2,1H3. The van der Waals surface area contributed by atoms with E-state index in [1.807, 2.05) is 6.07 Å². The molecule has 0 atom stereocenters. The maximum absolute atomic E-state index is 9.46. The van der Waals surface area contributed by atoms with E-state index in [-0.39, 0.29) is 0 Å². The number of rotatable bonds is 1. The number of hydrogen-bond donors (Lipinski definition) is 2. The summed E-state index contributed by atoms with van der Waals surface area (Å²) in [5.74, 6) is 0.516. The quantitative estimate of drug-likeness (QED) is 0.450. The molecule has 0 unspecified atom stereocenters. The normalized spacial score (nSPS) is 14.5. The van der Waals surface area contributed by atoms with E-state index in [2.05, 4.69) is 0 Å². The minimum Gasteiger partial charge on any atom is -0.495 e. The highest BCUT2D eigenvalue weighted by molar-refractivity contribution is 6.62. The van der Waals surface area contributed by atoms with E-state index in [0.717, 1.165) is 5.56 Å². The van der Waals surface area contributed by atoms with Crippen molar-refractivity contribution in [1.82, 2.24) is 0 Å². The second-order valence-electron chi connectivity index (χ2n) is 2.92. The minimum atomic E-state index is -0.909. The second-order valence-corrected chi connectivity index (χ2v) is 2.92. The summed E-state index contributed by atoms with van der Waals surface area (Å²) >= 11 is 0. The van der Waals surface area contributed by atoms with E-state index in [1.165, 1.54) is 7.11 Å². The van der Waals surface area contributed by atoms with Crippen molar-refractivity contribution in [2.75, 3.05) is 12.8 Å². The van der Waals surface area contributed by atoms with E-state index in [1.54, 1.807) is 6.07 Å². The molecule has 5 heteroatoms. The third kappa shape index (κ3) is 1.17. The molecule has 0 aliphatic carbocycles. The van der Waals surface area contributed by atoms with Gasteiger partial charge in [0.1, 0.15) is 5.75 Å². The van der Waals surface area contributed by atoms with E-state index in [9.17, 15) is 5.02 Å². The molecule has 1 aliphatic rings. The summed E-state index contributed by atoms with van der Waals surface area (Å²) in [6.45, 7) is 0.410. The van der Waals surface area contributed by atoms with Gasteiger partial charge >= 0.3 is 7.12 Å². The molecule has 68 valence electrons. The van der Waals surface area contributed by atoms with Crippen molar-refractivity contribution in [3.8, 4) is 5.75 Å². The largest absolute Gasteiger partial charge is 0.495 e. The first kappa shape index (κ1) is 8.41. The number of nitrogens with two attached hydrogens (primary N) is 1. The number of ether oxygens (including phenoxy) is 1. The van der Waals surface area contributed by atoms with Gasteiger partial charge in [-0.15, -0.1) is 0 Å². The minimum absolute atomic E-state index is 0.410. The lowest BCUT2D eigenvalue weighted by Crippen LogP contribution is -2.30. The van der Waals surface area contributed by atoms with Crippen LogP contribution in [0, 0.1) is 0 Å². The maximum Gasteiger partial charge on any atom is 0.495 e. The van der Waals surface area contributed by atoms with Gasteiger partial charge in [0.15, 0.2) is 0 Å². The molecule has 0 radical (unpaired) electrons. The Bertz CT molecular complexity index is 342. The van der Waals surface area contributed by atoms with Crippen LogP contribution in [0.4, 0.5) is 5.69 Å². The molecule has 0 spiro atoms. The van der Waals surface area contributed by atoms with Crippen LogP contribution in [0.3, 0.4) is 0 Å². The number of hydrogen-bond acceptors (Lipinski definition) is 4. The van der Waals surface area contributed by atoms with Gasteiger partial charge in [-0.1, -0.05) is 6.07 Å². The monoisotopic (exact) mass is 179 g/mol. The molecular weight excluding hydrogens is 169 g/mol. The molecule has 0 fully saturated rings. The predicted octanol–water partition coefficient (Wildman–Crippen LogP) is -0.505. The fraction of sp³-hybridized carbons (Fsp3) is 0.250. The van der Waals surface area contributed by atoms with Gasteiger partial charge in [0.25, 0.3) is 0 Å². The first-order chi connectivity index (χ1) is 6.24. The summed E-state index contributed by atoms with van der Waals surface area (Å²) in [4.78, 5) is 0. The summed E-state index contributed by atoms with van der Waals surface area (Å²) in [5, 5.41) is 9.46. The molecule has 1 heterocycles. The number of methoxy groups -OCH3 is 1. The lowest BCUT2D eigenvalue weighted by atomic mass is 9.78. The Hall–Kier alpha value is -1.20. The highest BCUT2D eigenvalue weighted by Crippen LogP contribution is 2.24. The van der Waals surface area contributed by atoms with Crippen molar-refractivity contribution in [3.05, 3.63) is 17.7 Å². The summed E-state index contributed by atoms with van der Waals surface area (Å²) in [5.41, 5.74) is 7.78. The Morgan fingerprint density at radius 1 is 1.62 bits per heavy atom. The number of nitrogen functional groups attached to an aromatic ring is 1. The Morgan fingerprint density at radius 3 is 3.08 bits per heavy atom. The molecular formula is C8H10BNO3. The highest BCUT2D eigenvalue weighted by atomic mass is 16.5. The first-order valence-electron chi connectivity index (χ1n) is 3.99. The number of anilines is 1. The summed E-state index contributed by atoms with van der Waals surface area (Å²) in [6.07, 6.45) is 0. The first-order valence-corrected chi connectivity index (χ1v) is 3.99. The average Bonchev–Trinajstić information content (AvgIpc) is 2.49. The van der Waals surface area contributed by atoms with Crippen molar-refractivity contribution in [2.45, 2.75) is 6.61 Å². The van der Waals surface area contributed by atoms with Crippen LogP contribution >= 0.6 is 0 Å². The zero-order chi connectivity index (χ0) is 9.42. The Labute approximate surface area is 76.4 Å². The van der Waals surface area contributed by atoms with Crippen LogP contribution in [0.25, 0.3) is 0 Å². The van der Waals surface area contributed by atoms with Crippen LogP contribution in [0.15, 0.2) is 12.1 Å². The van der Waals surface area contributed by atoms with Gasteiger partial charge in [0.2, 0.25) is 0 Å². The third-order valence-corrected chi connectivity index (χ3v) is 2.16. The lowest BCUT2D eigenvalue weighted by molar-refractivity contribution is 0.275. The van der Waals surface area contributed by atoms with Gasteiger partial charge in [-0.05, 0) is 11.6 Å². The summed E-state index contributed by atoms with van der Waals surface area (Å²) in [7, 11) is 0.616. The molecule has 1 aliphatic heterocycles. The molecule has 1 aromatic rings. The molecule has 4 nitrogen and oxygen atoms in total. The molecule has 0 saturated heterocycles. The Kier molecular flexibility index (Phi) is 1.90. The van der Waals surface area contributed by atoms with Gasteiger partial charge in [-0.3, -0.25) is 0 Å². The molecule has 0 amide bonds. The molecule has 3 N–H and O–H groups in total.